The Morgan fingerprint density at radius 1 is 1.62 bits per heavy atom. The molecule has 3 heteroatoms. The topological polar surface area (TPSA) is 46.3 Å². The van der Waals surface area contributed by atoms with Crippen molar-refractivity contribution in [2.75, 3.05) is 13.1 Å². The van der Waals surface area contributed by atoms with Crippen molar-refractivity contribution in [1.29, 1.82) is 0 Å². The van der Waals surface area contributed by atoms with Crippen molar-refractivity contribution in [3.05, 3.63) is 0 Å². The third-order valence-electron chi connectivity index (χ3n) is 3.66. The number of hydrogen-bond acceptors (Lipinski definition) is 2. The summed E-state index contributed by atoms with van der Waals surface area (Å²) in [5.41, 5.74) is 5.77. The molecule has 0 bridgehead atoms. The zero-order valence-electron chi connectivity index (χ0n) is 8.25. The molecular weight excluding hydrogens is 164 g/mol. The molecule has 1 atom stereocenters. The van der Waals surface area contributed by atoms with Crippen LogP contribution in [0.5, 0.6) is 0 Å². The first kappa shape index (κ1) is 9.00. The van der Waals surface area contributed by atoms with Gasteiger partial charge >= 0.3 is 0 Å². The molecule has 1 aliphatic heterocycles. The summed E-state index contributed by atoms with van der Waals surface area (Å²) in [6, 6.07) is 0.549. The number of amides is 1. The van der Waals surface area contributed by atoms with Gasteiger partial charge in [-0.25, -0.2) is 0 Å². The fourth-order valence-electron chi connectivity index (χ4n) is 2.86. The molecule has 1 spiro atoms. The molecule has 2 N–H and O–H groups in total. The standard InChI is InChI=1S/C10H18N2O/c1-8-5-10(3-2-4-10)7-12(8)6-9(11)13/h8H,2-7H2,1H3,(H2,11,13). The molecule has 1 amide bonds. The number of likely N-dealkylation sites (tertiary alicyclic amines) is 1. The van der Waals surface area contributed by atoms with Gasteiger partial charge in [0.1, 0.15) is 0 Å². The van der Waals surface area contributed by atoms with Crippen LogP contribution >= 0.6 is 0 Å². The molecule has 1 saturated carbocycles. The number of carbonyl (C=O) groups excluding carboxylic acids is 1. The van der Waals surface area contributed by atoms with Gasteiger partial charge in [0, 0.05) is 12.6 Å². The van der Waals surface area contributed by atoms with Crippen LogP contribution in [0.3, 0.4) is 0 Å². The van der Waals surface area contributed by atoms with E-state index in [1.54, 1.807) is 0 Å². The van der Waals surface area contributed by atoms with Crippen LogP contribution in [0.4, 0.5) is 0 Å². The van der Waals surface area contributed by atoms with E-state index < -0.39 is 0 Å². The Bertz CT molecular complexity index is 223. The summed E-state index contributed by atoms with van der Waals surface area (Å²) in [6.45, 7) is 3.75. The number of carbonyl (C=O) groups is 1. The van der Waals surface area contributed by atoms with Gasteiger partial charge in [-0.3, -0.25) is 9.69 Å². The maximum atomic E-state index is 10.8. The molecule has 0 aromatic carbocycles. The van der Waals surface area contributed by atoms with Gasteiger partial charge in [-0.05, 0) is 31.6 Å². The van der Waals surface area contributed by atoms with Gasteiger partial charge in [-0.1, -0.05) is 6.42 Å². The molecule has 3 nitrogen and oxygen atoms in total. The van der Waals surface area contributed by atoms with E-state index in [1.165, 1.54) is 25.7 Å². The monoisotopic (exact) mass is 182 g/mol. The van der Waals surface area contributed by atoms with Crippen molar-refractivity contribution < 1.29 is 4.79 Å². The molecule has 1 aliphatic carbocycles. The summed E-state index contributed by atoms with van der Waals surface area (Å²) in [6.07, 6.45) is 5.34. The van der Waals surface area contributed by atoms with Crippen molar-refractivity contribution in [3.8, 4) is 0 Å². The maximum Gasteiger partial charge on any atom is 0.231 e. The third-order valence-corrected chi connectivity index (χ3v) is 3.66. The molecule has 0 aromatic rings. The molecule has 2 fully saturated rings. The Morgan fingerprint density at radius 3 is 2.69 bits per heavy atom. The summed E-state index contributed by atoms with van der Waals surface area (Å²) >= 11 is 0. The summed E-state index contributed by atoms with van der Waals surface area (Å²) in [7, 11) is 0. The highest BCUT2D eigenvalue weighted by Crippen LogP contribution is 2.49. The minimum Gasteiger partial charge on any atom is -0.369 e. The second-order valence-electron chi connectivity index (χ2n) is 4.78. The summed E-state index contributed by atoms with van der Waals surface area (Å²) < 4.78 is 0. The minimum atomic E-state index is -0.191. The lowest BCUT2D eigenvalue weighted by Crippen LogP contribution is -2.38. The lowest BCUT2D eigenvalue weighted by Gasteiger charge is -2.38. The van der Waals surface area contributed by atoms with E-state index in [0.29, 0.717) is 18.0 Å². The van der Waals surface area contributed by atoms with E-state index in [9.17, 15) is 4.79 Å². The van der Waals surface area contributed by atoms with Gasteiger partial charge in [0.05, 0.1) is 6.54 Å². The van der Waals surface area contributed by atoms with Crippen LogP contribution in [0.25, 0.3) is 0 Å². The van der Waals surface area contributed by atoms with Gasteiger partial charge in [-0.2, -0.15) is 0 Å². The van der Waals surface area contributed by atoms with Crippen molar-refractivity contribution in [3.63, 3.8) is 0 Å². The van der Waals surface area contributed by atoms with Crippen molar-refractivity contribution >= 4 is 5.91 Å². The summed E-state index contributed by atoms with van der Waals surface area (Å²) in [5.74, 6) is -0.191. The SMILES string of the molecule is CC1CC2(CCC2)CN1CC(N)=O. The minimum absolute atomic E-state index is 0.191. The first-order chi connectivity index (χ1) is 6.11. The number of hydrogen-bond donors (Lipinski definition) is 1. The first-order valence-corrected chi connectivity index (χ1v) is 5.14. The predicted molar refractivity (Wildman–Crippen MR) is 51.1 cm³/mol. The molecule has 2 rings (SSSR count). The lowest BCUT2D eigenvalue weighted by molar-refractivity contribution is -0.119. The number of nitrogens with two attached hydrogens (primary N) is 1. The van der Waals surface area contributed by atoms with Crippen LogP contribution in [0, 0.1) is 5.41 Å². The van der Waals surface area contributed by atoms with Crippen LogP contribution in [0.15, 0.2) is 0 Å². The van der Waals surface area contributed by atoms with Crippen LogP contribution in [0.2, 0.25) is 0 Å². The fraction of sp³-hybridized carbons (Fsp3) is 0.900. The maximum absolute atomic E-state index is 10.8. The van der Waals surface area contributed by atoms with Gasteiger partial charge in [-0.15, -0.1) is 0 Å². The van der Waals surface area contributed by atoms with Crippen molar-refractivity contribution in [1.82, 2.24) is 4.90 Å². The number of primary amides is 1. The molecule has 74 valence electrons. The first-order valence-electron chi connectivity index (χ1n) is 5.14. The van der Waals surface area contributed by atoms with E-state index in [1.807, 2.05) is 0 Å². The van der Waals surface area contributed by atoms with Gasteiger partial charge < -0.3 is 5.73 Å². The zero-order valence-corrected chi connectivity index (χ0v) is 8.25. The molecular formula is C10H18N2O. The highest BCUT2D eigenvalue weighted by atomic mass is 16.1. The molecule has 2 aliphatic rings. The smallest absolute Gasteiger partial charge is 0.231 e. The average molecular weight is 182 g/mol. The van der Waals surface area contributed by atoms with E-state index in [0.717, 1.165) is 6.54 Å². The molecule has 1 unspecified atom stereocenters. The molecule has 13 heavy (non-hydrogen) atoms. The van der Waals surface area contributed by atoms with Gasteiger partial charge in [0.15, 0.2) is 0 Å². The Balaban J connectivity index is 1.95. The molecule has 1 saturated heterocycles. The van der Waals surface area contributed by atoms with E-state index >= 15 is 0 Å². The third kappa shape index (κ3) is 1.57. The quantitative estimate of drug-likeness (QED) is 0.684. The number of rotatable bonds is 2. The molecule has 0 aromatic heterocycles. The van der Waals surface area contributed by atoms with E-state index in [4.69, 9.17) is 5.73 Å². The lowest BCUT2D eigenvalue weighted by atomic mass is 9.68. The second-order valence-corrected chi connectivity index (χ2v) is 4.78. The largest absolute Gasteiger partial charge is 0.369 e. The Labute approximate surface area is 79.3 Å². The summed E-state index contributed by atoms with van der Waals surface area (Å²) in [4.78, 5) is 13.0. The summed E-state index contributed by atoms with van der Waals surface area (Å²) in [5, 5.41) is 0. The fourth-order valence-corrected chi connectivity index (χ4v) is 2.86. The second kappa shape index (κ2) is 2.98. The average Bonchev–Trinajstić information content (AvgIpc) is 2.27. The molecule has 0 radical (unpaired) electrons. The number of nitrogens with zero attached hydrogens (tertiary/aromatic N) is 1. The predicted octanol–water partition coefficient (Wildman–Crippen LogP) is 0.736. The van der Waals surface area contributed by atoms with E-state index in [2.05, 4.69) is 11.8 Å². The van der Waals surface area contributed by atoms with Gasteiger partial charge in [0.2, 0.25) is 5.91 Å². The van der Waals surface area contributed by atoms with Gasteiger partial charge in [0.25, 0.3) is 0 Å². The van der Waals surface area contributed by atoms with Crippen LogP contribution in [-0.2, 0) is 4.79 Å². The Hall–Kier alpha value is -0.570. The Kier molecular flexibility index (Phi) is 2.06. The highest BCUT2D eigenvalue weighted by molar-refractivity contribution is 5.76. The highest BCUT2D eigenvalue weighted by Gasteiger charge is 2.45. The van der Waals surface area contributed by atoms with E-state index in [-0.39, 0.29) is 5.91 Å². The van der Waals surface area contributed by atoms with Crippen LogP contribution in [0.1, 0.15) is 32.6 Å². The normalized spacial score (nSPS) is 31.9. The molecule has 1 heterocycles. The van der Waals surface area contributed by atoms with Crippen LogP contribution in [-0.4, -0.2) is 29.9 Å². The Morgan fingerprint density at radius 2 is 2.31 bits per heavy atom. The van der Waals surface area contributed by atoms with Crippen molar-refractivity contribution in [2.45, 2.75) is 38.6 Å². The van der Waals surface area contributed by atoms with Crippen LogP contribution < -0.4 is 5.73 Å². The zero-order chi connectivity index (χ0) is 9.47. The van der Waals surface area contributed by atoms with Crippen molar-refractivity contribution in [2.24, 2.45) is 11.1 Å².